The Balaban J connectivity index is 1.29. The first kappa shape index (κ1) is 18.2. The predicted octanol–water partition coefficient (Wildman–Crippen LogP) is 1.72. The fourth-order valence-corrected chi connectivity index (χ4v) is 4.57. The molecule has 4 rings (SSSR count). The fraction of sp³-hybridized carbons (Fsp3) is 0.524. The monoisotopic (exact) mass is 370 g/mol. The summed E-state index contributed by atoms with van der Waals surface area (Å²) in [6.07, 6.45) is 5.32. The third kappa shape index (κ3) is 3.77. The minimum atomic E-state index is -0.898. The van der Waals surface area contributed by atoms with E-state index in [-0.39, 0.29) is 18.1 Å². The number of hydrogen-bond acceptors (Lipinski definition) is 4. The number of carboxylic acids is 1. The number of carbonyl (C=O) groups is 2. The van der Waals surface area contributed by atoms with E-state index in [4.69, 9.17) is 4.74 Å². The normalized spacial score (nSPS) is 30.9. The largest absolute Gasteiger partial charge is 0.481 e. The van der Waals surface area contributed by atoms with Gasteiger partial charge in [-0.15, -0.1) is 0 Å². The molecular weight excluding hydrogens is 344 g/mol. The Bertz CT molecular complexity index is 712. The third-order valence-corrected chi connectivity index (χ3v) is 6.00. The molecule has 6 nitrogen and oxygen atoms in total. The molecule has 0 spiro atoms. The molecule has 144 valence electrons. The van der Waals surface area contributed by atoms with E-state index >= 15 is 0 Å². The molecule has 1 aromatic rings. The van der Waals surface area contributed by atoms with Crippen molar-refractivity contribution < 1.29 is 19.4 Å². The number of carbonyl (C=O) groups excluding carboxylic acids is 1. The Kier molecular flexibility index (Phi) is 5.27. The van der Waals surface area contributed by atoms with Crippen molar-refractivity contribution in [3.05, 3.63) is 42.0 Å². The summed E-state index contributed by atoms with van der Waals surface area (Å²) in [5.74, 6) is -2.12. The predicted molar refractivity (Wildman–Crippen MR) is 101 cm³/mol. The molecule has 4 atom stereocenters. The number of amides is 1. The lowest BCUT2D eigenvalue weighted by molar-refractivity contribution is -0.151. The van der Waals surface area contributed by atoms with E-state index in [0.717, 1.165) is 32.5 Å². The number of fused-ring (bicyclic) bond motifs is 2. The molecule has 0 aromatic heterocycles. The Hall–Kier alpha value is -2.18. The van der Waals surface area contributed by atoms with Crippen LogP contribution in [-0.4, -0.2) is 71.7 Å². The van der Waals surface area contributed by atoms with Gasteiger partial charge in [-0.1, -0.05) is 42.5 Å². The Morgan fingerprint density at radius 1 is 1.04 bits per heavy atom. The molecule has 0 aliphatic carbocycles. The first-order valence-corrected chi connectivity index (χ1v) is 9.74. The van der Waals surface area contributed by atoms with E-state index in [1.165, 1.54) is 5.56 Å². The van der Waals surface area contributed by atoms with Gasteiger partial charge < -0.3 is 14.7 Å². The van der Waals surface area contributed by atoms with Crippen molar-refractivity contribution in [2.24, 2.45) is 11.8 Å². The van der Waals surface area contributed by atoms with Crippen LogP contribution in [0.2, 0.25) is 0 Å². The maximum atomic E-state index is 13.0. The van der Waals surface area contributed by atoms with Crippen molar-refractivity contribution in [1.82, 2.24) is 9.80 Å². The van der Waals surface area contributed by atoms with Crippen molar-refractivity contribution in [2.45, 2.75) is 25.0 Å². The molecule has 3 aliphatic heterocycles. The van der Waals surface area contributed by atoms with Crippen LogP contribution in [-0.2, 0) is 14.3 Å². The second-order valence-corrected chi connectivity index (χ2v) is 7.62. The summed E-state index contributed by atoms with van der Waals surface area (Å²) < 4.78 is 5.74. The van der Waals surface area contributed by atoms with E-state index < -0.39 is 17.8 Å². The van der Waals surface area contributed by atoms with Crippen molar-refractivity contribution in [1.29, 1.82) is 0 Å². The highest BCUT2D eigenvalue weighted by Gasteiger charge is 2.56. The molecule has 0 unspecified atom stereocenters. The highest BCUT2D eigenvalue weighted by Crippen LogP contribution is 2.44. The molecule has 1 amide bonds. The van der Waals surface area contributed by atoms with Crippen LogP contribution in [0.15, 0.2) is 36.4 Å². The van der Waals surface area contributed by atoms with Gasteiger partial charge in [-0.25, -0.2) is 0 Å². The number of benzene rings is 1. The van der Waals surface area contributed by atoms with E-state index in [2.05, 4.69) is 29.2 Å². The quantitative estimate of drug-likeness (QED) is 0.855. The lowest BCUT2D eigenvalue weighted by Crippen LogP contribution is -2.53. The smallest absolute Gasteiger partial charge is 0.310 e. The van der Waals surface area contributed by atoms with E-state index in [9.17, 15) is 14.7 Å². The number of hydrogen-bond donors (Lipinski definition) is 1. The van der Waals surface area contributed by atoms with Gasteiger partial charge in [0, 0.05) is 32.7 Å². The molecule has 3 heterocycles. The molecule has 6 heteroatoms. The van der Waals surface area contributed by atoms with Crippen LogP contribution in [0.5, 0.6) is 0 Å². The van der Waals surface area contributed by atoms with E-state index in [1.807, 2.05) is 23.1 Å². The van der Waals surface area contributed by atoms with Crippen LogP contribution >= 0.6 is 0 Å². The maximum Gasteiger partial charge on any atom is 0.310 e. The van der Waals surface area contributed by atoms with Gasteiger partial charge in [0.25, 0.3) is 0 Å². The molecule has 0 saturated carbocycles. The molecule has 1 aromatic carbocycles. The van der Waals surface area contributed by atoms with Gasteiger partial charge in [0.05, 0.1) is 24.0 Å². The van der Waals surface area contributed by atoms with Crippen LogP contribution in [0.3, 0.4) is 0 Å². The van der Waals surface area contributed by atoms with Crippen molar-refractivity contribution in [3.8, 4) is 0 Å². The van der Waals surface area contributed by atoms with Gasteiger partial charge in [-0.05, 0) is 18.4 Å². The molecule has 3 fully saturated rings. The molecule has 0 radical (unpaired) electrons. The molecule has 1 N–H and O–H groups in total. The van der Waals surface area contributed by atoms with Gasteiger partial charge in [0.1, 0.15) is 0 Å². The average Bonchev–Trinajstić information content (AvgIpc) is 3.30. The summed E-state index contributed by atoms with van der Waals surface area (Å²) >= 11 is 0. The Labute approximate surface area is 159 Å². The van der Waals surface area contributed by atoms with Crippen molar-refractivity contribution in [2.75, 3.05) is 32.7 Å². The number of carboxylic acid groups (broad SMARTS) is 1. The van der Waals surface area contributed by atoms with E-state index in [0.29, 0.717) is 13.1 Å². The Morgan fingerprint density at radius 3 is 2.37 bits per heavy atom. The zero-order chi connectivity index (χ0) is 18.8. The van der Waals surface area contributed by atoms with Crippen LogP contribution < -0.4 is 0 Å². The summed E-state index contributed by atoms with van der Waals surface area (Å²) in [5.41, 5.74) is 1.18. The zero-order valence-electron chi connectivity index (χ0n) is 15.4. The minimum Gasteiger partial charge on any atom is -0.481 e. The van der Waals surface area contributed by atoms with Crippen molar-refractivity contribution >= 4 is 18.0 Å². The van der Waals surface area contributed by atoms with Crippen LogP contribution in [0.1, 0.15) is 18.4 Å². The van der Waals surface area contributed by atoms with Gasteiger partial charge in [0.2, 0.25) is 5.91 Å². The fourth-order valence-electron chi connectivity index (χ4n) is 4.57. The Morgan fingerprint density at radius 2 is 1.70 bits per heavy atom. The number of ether oxygens (including phenoxy) is 1. The molecule has 2 bridgehead atoms. The lowest BCUT2D eigenvalue weighted by Gasteiger charge is -2.37. The summed E-state index contributed by atoms with van der Waals surface area (Å²) in [4.78, 5) is 28.7. The summed E-state index contributed by atoms with van der Waals surface area (Å²) in [6.45, 7) is 3.77. The highest BCUT2D eigenvalue weighted by molar-refractivity contribution is 5.86. The topological polar surface area (TPSA) is 70.1 Å². The van der Waals surface area contributed by atoms with Crippen LogP contribution in [0, 0.1) is 11.8 Å². The summed E-state index contributed by atoms with van der Waals surface area (Å²) in [7, 11) is 0. The highest BCUT2D eigenvalue weighted by atomic mass is 16.5. The zero-order valence-corrected chi connectivity index (χ0v) is 15.4. The number of piperazine rings is 1. The standard InChI is InChI=1S/C21H26N2O4/c24-20(18-16-8-9-17(27-16)19(18)21(25)26)23-13-11-22(12-14-23)10-4-7-15-5-2-1-3-6-15/h1-7,16-19H,8-14H2,(H,25,26)/b7-4-/t16-,17-,18+,19-/m1/s1. The second-order valence-electron chi connectivity index (χ2n) is 7.62. The first-order valence-electron chi connectivity index (χ1n) is 9.74. The third-order valence-electron chi connectivity index (χ3n) is 6.00. The average molecular weight is 370 g/mol. The van der Waals surface area contributed by atoms with E-state index in [1.54, 1.807) is 0 Å². The van der Waals surface area contributed by atoms with Gasteiger partial charge in [-0.2, -0.15) is 0 Å². The molecular formula is C21H26N2O4. The maximum absolute atomic E-state index is 13.0. The SMILES string of the molecule is O=C(O)[C@H]1[C@@H](C(=O)N2CCN(C/C=C\c3ccccc3)CC2)[C@H]2CC[C@H]1O2. The summed E-state index contributed by atoms with van der Waals surface area (Å²) in [6, 6.07) is 10.2. The first-order chi connectivity index (χ1) is 13.1. The van der Waals surface area contributed by atoms with Crippen molar-refractivity contribution in [3.63, 3.8) is 0 Å². The van der Waals surface area contributed by atoms with Gasteiger partial charge >= 0.3 is 5.97 Å². The van der Waals surface area contributed by atoms with Gasteiger partial charge in [0.15, 0.2) is 0 Å². The molecule has 27 heavy (non-hydrogen) atoms. The van der Waals surface area contributed by atoms with Crippen LogP contribution in [0.25, 0.3) is 6.08 Å². The van der Waals surface area contributed by atoms with Crippen LogP contribution in [0.4, 0.5) is 0 Å². The van der Waals surface area contributed by atoms with Gasteiger partial charge in [-0.3, -0.25) is 14.5 Å². The number of nitrogens with zero attached hydrogens (tertiary/aromatic N) is 2. The number of aliphatic carboxylic acids is 1. The second kappa shape index (κ2) is 7.82. The molecule has 3 saturated heterocycles. The molecule has 3 aliphatic rings. The number of rotatable bonds is 5. The lowest BCUT2D eigenvalue weighted by atomic mass is 9.78. The summed E-state index contributed by atoms with van der Waals surface area (Å²) in [5, 5.41) is 9.52. The minimum absolute atomic E-state index is 0.0333.